The average Bonchev–Trinajstić information content (AvgIpc) is 2.61. The highest BCUT2D eigenvalue weighted by atomic mass is 35.5. The topological polar surface area (TPSA) is 61.4 Å². The van der Waals surface area contributed by atoms with Crippen molar-refractivity contribution < 1.29 is 9.59 Å². The van der Waals surface area contributed by atoms with Gasteiger partial charge in [0.2, 0.25) is 0 Å². The van der Waals surface area contributed by atoms with Crippen LogP contribution in [0, 0.1) is 6.92 Å². The van der Waals surface area contributed by atoms with Crippen molar-refractivity contribution in [1.29, 1.82) is 0 Å². The largest absolute Gasteiger partial charge is 0.362 e. The third-order valence-electron chi connectivity index (χ3n) is 5.20. The second-order valence-electron chi connectivity index (χ2n) is 6.96. The molecule has 26 heavy (non-hydrogen) atoms. The number of hydrogen-bond donors (Lipinski definition) is 2. The van der Waals surface area contributed by atoms with Gasteiger partial charge >= 0.3 is 0 Å². The van der Waals surface area contributed by atoms with Gasteiger partial charge in [0, 0.05) is 42.2 Å². The second-order valence-corrected chi connectivity index (χ2v) is 7.40. The van der Waals surface area contributed by atoms with Gasteiger partial charge in [-0.3, -0.25) is 9.59 Å². The summed E-state index contributed by atoms with van der Waals surface area (Å²) in [6.07, 6.45) is 1.30. The first-order valence-corrected chi connectivity index (χ1v) is 9.10. The number of aryl methyl sites for hydroxylation is 1. The maximum atomic E-state index is 12.7. The van der Waals surface area contributed by atoms with Crippen LogP contribution in [-0.2, 0) is 0 Å². The number of carbonyl (C=O) groups is 2. The van der Waals surface area contributed by atoms with Gasteiger partial charge in [-0.1, -0.05) is 29.8 Å². The number of carbonyl (C=O) groups excluding carboxylic acids is 2. The average molecular weight is 370 g/mol. The molecule has 6 heteroatoms. The zero-order valence-electron chi connectivity index (χ0n) is 14.5. The van der Waals surface area contributed by atoms with Crippen molar-refractivity contribution in [2.75, 3.05) is 18.4 Å². The molecule has 0 saturated carbocycles. The van der Waals surface area contributed by atoms with Gasteiger partial charge in [-0.2, -0.15) is 0 Å². The zero-order valence-corrected chi connectivity index (χ0v) is 15.3. The number of anilines is 1. The molecule has 4 rings (SSSR count). The SMILES string of the molecule is Cc1cccc2c1C(=O)NC1(CCN(C(=O)c3cccc(Cl)c3)CC1)N2. The molecular formula is C20H20ClN3O2. The van der Waals surface area contributed by atoms with Gasteiger partial charge < -0.3 is 15.5 Å². The Hall–Kier alpha value is -2.53. The number of rotatable bonds is 1. The van der Waals surface area contributed by atoms with Crippen molar-refractivity contribution in [3.05, 3.63) is 64.2 Å². The lowest BCUT2D eigenvalue weighted by Crippen LogP contribution is -2.62. The van der Waals surface area contributed by atoms with Crippen LogP contribution < -0.4 is 10.6 Å². The Morgan fingerprint density at radius 1 is 1.12 bits per heavy atom. The summed E-state index contributed by atoms with van der Waals surface area (Å²) >= 11 is 5.99. The minimum atomic E-state index is -0.497. The van der Waals surface area contributed by atoms with Crippen molar-refractivity contribution >= 4 is 29.1 Å². The van der Waals surface area contributed by atoms with Crippen molar-refractivity contribution in [2.24, 2.45) is 0 Å². The van der Waals surface area contributed by atoms with E-state index in [1.54, 1.807) is 24.3 Å². The van der Waals surface area contributed by atoms with E-state index < -0.39 is 5.66 Å². The monoisotopic (exact) mass is 369 g/mol. The molecule has 1 spiro atoms. The zero-order chi connectivity index (χ0) is 18.3. The Bertz CT molecular complexity index is 888. The van der Waals surface area contributed by atoms with Gasteiger partial charge in [0.05, 0.1) is 5.56 Å². The van der Waals surface area contributed by atoms with E-state index >= 15 is 0 Å². The first-order chi connectivity index (χ1) is 12.5. The van der Waals surface area contributed by atoms with Crippen LogP contribution >= 0.6 is 11.6 Å². The summed E-state index contributed by atoms with van der Waals surface area (Å²) in [6, 6.07) is 12.8. The highest BCUT2D eigenvalue weighted by molar-refractivity contribution is 6.30. The van der Waals surface area contributed by atoms with Crippen LogP contribution in [0.3, 0.4) is 0 Å². The molecule has 2 aliphatic heterocycles. The standard InChI is InChI=1S/C20H20ClN3O2/c1-13-4-2-7-16-17(13)18(25)23-20(22-16)8-10-24(11-9-20)19(26)14-5-3-6-15(21)12-14/h2-7,12,22H,8-11H2,1H3,(H,23,25). The molecule has 134 valence electrons. The summed E-state index contributed by atoms with van der Waals surface area (Å²) in [5.41, 5.74) is 2.62. The molecule has 5 nitrogen and oxygen atoms in total. The molecular weight excluding hydrogens is 350 g/mol. The molecule has 0 radical (unpaired) electrons. The lowest BCUT2D eigenvalue weighted by molar-refractivity contribution is 0.0639. The quantitative estimate of drug-likeness (QED) is 0.809. The lowest BCUT2D eigenvalue weighted by atomic mass is 9.91. The Kier molecular flexibility index (Phi) is 4.11. The summed E-state index contributed by atoms with van der Waals surface area (Å²) in [5, 5.41) is 7.18. The number of amides is 2. The van der Waals surface area contributed by atoms with E-state index in [9.17, 15) is 9.59 Å². The fraction of sp³-hybridized carbons (Fsp3) is 0.300. The molecule has 2 aliphatic rings. The molecule has 2 aromatic carbocycles. The predicted molar refractivity (Wildman–Crippen MR) is 102 cm³/mol. The van der Waals surface area contributed by atoms with Crippen molar-refractivity contribution in [3.63, 3.8) is 0 Å². The van der Waals surface area contributed by atoms with E-state index in [1.807, 2.05) is 30.0 Å². The van der Waals surface area contributed by atoms with Gasteiger partial charge in [-0.05, 0) is 36.8 Å². The summed E-state index contributed by atoms with van der Waals surface area (Å²) in [4.78, 5) is 27.1. The first kappa shape index (κ1) is 16.9. The number of halogens is 1. The highest BCUT2D eigenvalue weighted by Gasteiger charge is 2.41. The van der Waals surface area contributed by atoms with Gasteiger partial charge in [-0.25, -0.2) is 0 Å². The first-order valence-electron chi connectivity index (χ1n) is 8.73. The lowest BCUT2D eigenvalue weighted by Gasteiger charge is -2.46. The van der Waals surface area contributed by atoms with Crippen LogP contribution in [0.2, 0.25) is 5.02 Å². The van der Waals surface area contributed by atoms with Gasteiger partial charge in [0.15, 0.2) is 0 Å². The van der Waals surface area contributed by atoms with E-state index in [2.05, 4.69) is 10.6 Å². The number of hydrogen-bond acceptors (Lipinski definition) is 3. The maximum absolute atomic E-state index is 12.7. The van der Waals surface area contributed by atoms with Crippen LogP contribution in [0.25, 0.3) is 0 Å². The molecule has 0 aliphatic carbocycles. The summed E-state index contributed by atoms with van der Waals surface area (Å²) < 4.78 is 0. The Labute approximate surface area is 157 Å². The molecule has 0 aromatic heterocycles. The summed E-state index contributed by atoms with van der Waals surface area (Å²) in [6.45, 7) is 3.07. The van der Waals surface area contributed by atoms with Crippen LogP contribution in [0.4, 0.5) is 5.69 Å². The van der Waals surface area contributed by atoms with E-state index in [0.29, 0.717) is 42.1 Å². The molecule has 0 atom stereocenters. The minimum absolute atomic E-state index is 0.0271. The van der Waals surface area contributed by atoms with Crippen molar-refractivity contribution in [1.82, 2.24) is 10.2 Å². The number of likely N-dealkylation sites (tertiary alicyclic amines) is 1. The molecule has 2 amide bonds. The molecule has 1 saturated heterocycles. The Morgan fingerprint density at radius 3 is 2.58 bits per heavy atom. The van der Waals surface area contributed by atoms with E-state index in [1.165, 1.54) is 0 Å². The normalized spacial score (nSPS) is 18.1. The highest BCUT2D eigenvalue weighted by Crippen LogP contribution is 2.33. The molecule has 2 aromatic rings. The third kappa shape index (κ3) is 2.92. The fourth-order valence-electron chi connectivity index (χ4n) is 3.79. The number of piperidine rings is 1. The Morgan fingerprint density at radius 2 is 1.85 bits per heavy atom. The van der Waals surface area contributed by atoms with Gasteiger partial charge in [0.25, 0.3) is 11.8 Å². The smallest absolute Gasteiger partial charge is 0.255 e. The van der Waals surface area contributed by atoms with Crippen LogP contribution in [0.15, 0.2) is 42.5 Å². The van der Waals surface area contributed by atoms with Crippen LogP contribution in [-0.4, -0.2) is 35.5 Å². The van der Waals surface area contributed by atoms with E-state index in [0.717, 1.165) is 11.3 Å². The van der Waals surface area contributed by atoms with Crippen molar-refractivity contribution in [3.8, 4) is 0 Å². The van der Waals surface area contributed by atoms with Gasteiger partial charge in [0.1, 0.15) is 5.66 Å². The fourth-order valence-corrected chi connectivity index (χ4v) is 3.98. The van der Waals surface area contributed by atoms with E-state index in [-0.39, 0.29) is 11.8 Å². The minimum Gasteiger partial charge on any atom is -0.362 e. The van der Waals surface area contributed by atoms with Crippen LogP contribution in [0.1, 0.15) is 39.1 Å². The number of nitrogens with zero attached hydrogens (tertiary/aromatic N) is 1. The molecule has 2 heterocycles. The van der Waals surface area contributed by atoms with Gasteiger partial charge in [-0.15, -0.1) is 0 Å². The number of nitrogens with one attached hydrogen (secondary N) is 2. The predicted octanol–water partition coefficient (Wildman–Crippen LogP) is 3.44. The third-order valence-corrected chi connectivity index (χ3v) is 5.44. The molecule has 1 fully saturated rings. The second kappa shape index (κ2) is 6.32. The summed E-state index contributed by atoms with van der Waals surface area (Å²) in [7, 11) is 0. The molecule has 0 unspecified atom stereocenters. The van der Waals surface area contributed by atoms with Crippen LogP contribution in [0.5, 0.6) is 0 Å². The van der Waals surface area contributed by atoms with E-state index in [4.69, 9.17) is 11.6 Å². The Balaban J connectivity index is 1.50. The number of benzene rings is 2. The molecule has 0 bridgehead atoms. The summed E-state index contributed by atoms with van der Waals surface area (Å²) in [5.74, 6) is -0.0767. The number of fused-ring (bicyclic) bond motifs is 1. The maximum Gasteiger partial charge on any atom is 0.255 e. The van der Waals surface area contributed by atoms with Crippen molar-refractivity contribution in [2.45, 2.75) is 25.4 Å². The molecule has 2 N–H and O–H groups in total.